The van der Waals surface area contributed by atoms with E-state index in [2.05, 4.69) is 18.3 Å². The van der Waals surface area contributed by atoms with Crippen molar-refractivity contribution in [2.75, 3.05) is 19.7 Å². The first-order valence-corrected chi connectivity index (χ1v) is 6.77. The Morgan fingerprint density at radius 1 is 1.67 bits per heavy atom. The topological polar surface area (TPSA) is 65.4 Å². The van der Waals surface area contributed by atoms with Gasteiger partial charge in [-0.2, -0.15) is 5.26 Å². The molecule has 2 fully saturated rings. The lowest BCUT2D eigenvalue weighted by atomic mass is 9.92. The highest BCUT2D eigenvalue weighted by Crippen LogP contribution is 2.39. The molecule has 1 amide bonds. The van der Waals surface area contributed by atoms with Gasteiger partial charge in [0.2, 0.25) is 0 Å². The number of carbonyl (C=O) groups excluding carboxylic acids is 1. The molecule has 0 aromatic rings. The molecule has 1 N–H and O–H groups in total. The van der Waals surface area contributed by atoms with Gasteiger partial charge in [0, 0.05) is 19.1 Å². The molecule has 2 saturated heterocycles. The molecule has 2 aliphatic rings. The van der Waals surface area contributed by atoms with Gasteiger partial charge in [-0.05, 0) is 19.3 Å². The molecule has 0 aromatic carbocycles. The Kier molecular flexibility index (Phi) is 4.07. The van der Waals surface area contributed by atoms with Gasteiger partial charge >= 0.3 is 6.09 Å². The number of ether oxygens (including phenoxy) is 1. The number of nitrogens with zero attached hydrogens (tertiary/aromatic N) is 2. The SMILES string of the molecule is CCCCOC(=O)N1C2CCC1(CC#N)CNC2. The van der Waals surface area contributed by atoms with Gasteiger partial charge < -0.3 is 10.1 Å². The van der Waals surface area contributed by atoms with E-state index in [4.69, 9.17) is 10.00 Å². The number of rotatable bonds is 4. The molecule has 18 heavy (non-hydrogen) atoms. The Labute approximate surface area is 108 Å². The second-order valence-corrected chi connectivity index (χ2v) is 5.22. The van der Waals surface area contributed by atoms with Crippen LogP contribution in [0.15, 0.2) is 0 Å². The van der Waals surface area contributed by atoms with Crippen LogP contribution in [0.5, 0.6) is 0 Å². The second-order valence-electron chi connectivity index (χ2n) is 5.22. The van der Waals surface area contributed by atoms with Crippen LogP contribution in [-0.2, 0) is 4.74 Å². The van der Waals surface area contributed by atoms with Crippen molar-refractivity contribution in [3.63, 3.8) is 0 Å². The number of fused-ring (bicyclic) bond motifs is 2. The highest BCUT2D eigenvalue weighted by atomic mass is 16.6. The minimum Gasteiger partial charge on any atom is -0.449 e. The van der Waals surface area contributed by atoms with Crippen LogP contribution in [0.2, 0.25) is 0 Å². The quantitative estimate of drug-likeness (QED) is 0.771. The Morgan fingerprint density at radius 2 is 2.50 bits per heavy atom. The highest BCUT2D eigenvalue weighted by molar-refractivity contribution is 5.70. The summed E-state index contributed by atoms with van der Waals surface area (Å²) < 4.78 is 5.32. The summed E-state index contributed by atoms with van der Waals surface area (Å²) in [6, 6.07) is 2.41. The predicted octanol–water partition coefficient (Wildman–Crippen LogP) is 1.64. The zero-order chi connectivity index (χ0) is 13.0. The maximum absolute atomic E-state index is 12.2. The summed E-state index contributed by atoms with van der Waals surface area (Å²) in [6.45, 7) is 4.07. The van der Waals surface area contributed by atoms with Gasteiger partial charge in [-0.15, -0.1) is 0 Å². The van der Waals surface area contributed by atoms with E-state index in [1.54, 1.807) is 0 Å². The van der Waals surface area contributed by atoms with E-state index < -0.39 is 0 Å². The van der Waals surface area contributed by atoms with Gasteiger partial charge in [-0.1, -0.05) is 13.3 Å². The van der Waals surface area contributed by atoms with E-state index in [0.29, 0.717) is 19.6 Å². The number of hydrogen-bond acceptors (Lipinski definition) is 4. The Hall–Kier alpha value is -1.28. The summed E-state index contributed by atoms with van der Waals surface area (Å²) in [5.41, 5.74) is -0.332. The van der Waals surface area contributed by atoms with Crippen molar-refractivity contribution >= 4 is 6.09 Å². The fourth-order valence-electron chi connectivity index (χ4n) is 3.01. The number of amides is 1. The number of nitrogens with one attached hydrogen (secondary N) is 1. The molecule has 5 heteroatoms. The third-order valence-corrected chi connectivity index (χ3v) is 3.98. The van der Waals surface area contributed by atoms with Crippen molar-refractivity contribution in [3.05, 3.63) is 0 Å². The van der Waals surface area contributed by atoms with Gasteiger partial charge in [0.05, 0.1) is 24.6 Å². The number of unbranched alkanes of at least 4 members (excludes halogenated alkanes) is 1. The Bertz CT molecular complexity index is 349. The summed E-state index contributed by atoms with van der Waals surface area (Å²) >= 11 is 0. The van der Waals surface area contributed by atoms with Crippen molar-refractivity contribution in [3.8, 4) is 6.07 Å². The molecule has 2 heterocycles. The molecule has 0 aromatic heterocycles. The zero-order valence-electron chi connectivity index (χ0n) is 10.9. The Balaban J connectivity index is 2.05. The molecule has 5 nitrogen and oxygen atoms in total. The van der Waals surface area contributed by atoms with Gasteiger partial charge in [0.25, 0.3) is 0 Å². The minimum absolute atomic E-state index is 0.196. The fourth-order valence-corrected chi connectivity index (χ4v) is 3.01. The van der Waals surface area contributed by atoms with Crippen LogP contribution in [0, 0.1) is 11.3 Å². The van der Waals surface area contributed by atoms with Gasteiger partial charge in [-0.3, -0.25) is 4.90 Å². The van der Waals surface area contributed by atoms with E-state index >= 15 is 0 Å². The molecule has 0 saturated carbocycles. The van der Waals surface area contributed by atoms with Crippen LogP contribution in [-0.4, -0.2) is 42.3 Å². The van der Waals surface area contributed by atoms with Crippen molar-refractivity contribution in [2.24, 2.45) is 0 Å². The first kappa shape index (κ1) is 13.2. The smallest absolute Gasteiger partial charge is 0.410 e. The molecule has 0 spiro atoms. The molecule has 0 aliphatic carbocycles. The first-order valence-electron chi connectivity index (χ1n) is 6.77. The molecule has 2 aliphatic heterocycles. The molecular weight excluding hydrogens is 230 g/mol. The summed E-state index contributed by atoms with van der Waals surface area (Å²) in [5, 5.41) is 12.3. The van der Waals surface area contributed by atoms with Crippen LogP contribution in [0.4, 0.5) is 4.79 Å². The van der Waals surface area contributed by atoms with Crippen molar-refractivity contribution < 1.29 is 9.53 Å². The minimum atomic E-state index is -0.332. The maximum atomic E-state index is 12.2. The number of hydrogen-bond donors (Lipinski definition) is 1. The van der Waals surface area contributed by atoms with Crippen LogP contribution in [0.25, 0.3) is 0 Å². The van der Waals surface area contributed by atoms with E-state index in [1.807, 2.05) is 4.90 Å². The Morgan fingerprint density at radius 3 is 3.22 bits per heavy atom. The summed E-state index contributed by atoms with van der Waals surface area (Å²) in [7, 11) is 0. The maximum Gasteiger partial charge on any atom is 0.410 e. The van der Waals surface area contributed by atoms with E-state index in [0.717, 1.165) is 32.2 Å². The van der Waals surface area contributed by atoms with Gasteiger partial charge in [0.15, 0.2) is 0 Å². The zero-order valence-corrected chi connectivity index (χ0v) is 10.9. The summed E-state index contributed by atoms with van der Waals surface area (Å²) in [6.07, 6.45) is 3.94. The largest absolute Gasteiger partial charge is 0.449 e. The monoisotopic (exact) mass is 251 g/mol. The summed E-state index contributed by atoms with van der Waals surface area (Å²) in [4.78, 5) is 14.0. The fraction of sp³-hybridized carbons (Fsp3) is 0.846. The lowest BCUT2D eigenvalue weighted by Crippen LogP contribution is -2.62. The first-order chi connectivity index (χ1) is 8.73. The van der Waals surface area contributed by atoms with E-state index in [1.165, 1.54) is 0 Å². The molecule has 0 radical (unpaired) electrons. The number of piperazine rings is 1. The average molecular weight is 251 g/mol. The highest BCUT2D eigenvalue weighted by Gasteiger charge is 2.51. The van der Waals surface area contributed by atoms with Crippen LogP contribution in [0.3, 0.4) is 0 Å². The molecule has 2 bridgehead atoms. The number of nitriles is 1. The van der Waals surface area contributed by atoms with Gasteiger partial charge in [-0.25, -0.2) is 4.79 Å². The normalized spacial score (nSPS) is 30.0. The van der Waals surface area contributed by atoms with E-state index in [-0.39, 0.29) is 17.7 Å². The lowest BCUT2D eigenvalue weighted by Gasteiger charge is -2.43. The molecule has 2 atom stereocenters. The molecule has 2 unspecified atom stereocenters. The molecule has 2 rings (SSSR count). The van der Waals surface area contributed by atoms with Crippen molar-refractivity contribution in [2.45, 2.75) is 50.6 Å². The third kappa shape index (κ3) is 2.30. The third-order valence-electron chi connectivity index (χ3n) is 3.98. The molecule has 100 valence electrons. The van der Waals surface area contributed by atoms with Crippen LogP contribution >= 0.6 is 0 Å². The lowest BCUT2D eigenvalue weighted by molar-refractivity contribution is 0.0388. The predicted molar refractivity (Wildman–Crippen MR) is 66.9 cm³/mol. The van der Waals surface area contributed by atoms with Crippen LogP contribution < -0.4 is 5.32 Å². The van der Waals surface area contributed by atoms with Crippen molar-refractivity contribution in [1.82, 2.24) is 10.2 Å². The van der Waals surface area contributed by atoms with E-state index in [9.17, 15) is 4.79 Å². The van der Waals surface area contributed by atoms with Crippen LogP contribution in [0.1, 0.15) is 39.0 Å². The molecular formula is C13H21N3O2. The summed E-state index contributed by atoms with van der Waals surface area (Å²) in [5.74, 6) is 0. The average Bonchev–Trinajstić information content (AvgIpc) is 2.57. The van der Waals surface area contributed by atoms with Crippen molar-refractivity contribution in [1.29, 1.82) is 5.26 Å². The van der Waals surface area contributed by atoms with Gasteiger partial charge in [0.1, 0.15) is 0 Å². The number of carbonyl (C=O) groups is 1. The second kappa shape index (κ2) is 5.57. The standard InChI is InChI=1S/C13H21N3O2/c1-2-3-8-18-12(17)16-11-4-5-13(16,6-7-14)10-15-9-11/h11,15H,2-6,8-10H2,1H3.